The number of allylic oxidation sites excluding steroid dienone is 3. The second-order valence-corrected chi connectivity index (χ2v) is 30.8. The van der Waals surface area contributed by atoms with Crippen LogP contribution in [0.2, 0.25) is 0 Å². The molecule has 0 unspecified atom stereocenters. The van der Waals surface area contributed by atoms with E-state index in [1.807, 2.05) is 93.6 Å². The molecule has 3 amide bonds. The molecule has 21 heteroatoms. The molecule has 6 saturated carbocycles. The summed E-state index contributed by atoms with van der Waals surface area (Å²) in [6.45, 7) is 12.5. The summed E-state index contributed by atoms with van der Waals surface area (Å²) in [5, 5.41) is 9.00. The summed E-state index contributed by atoms with van der Waals surface area (Å²) in [5.74, 6) is 1.89. The normalized spacial score (nSPS) is 31.4. The molecule has 6 aliphatic carbocycles. The van der Waals surface area contributed by atoms with E-state index in [1.54, 1.807) is 57.6 Å². The maximum absolute atomic E-state index is 13.6. The number of pyridine rings is 3. The van der Waals surface area contributed by atoms with Crippen molar-refractivity contribution in [3.05, 3.63) is 181 Å². The van der Waals surface area contributed by atoms with Crippen LogP contribution in [0.4, 0.5) is 27.6 Å². The number of nitrogens with one attached hydrogen (secondary N) is 3. The number of aromatic nitrogens is 3. The number of nitrogens with zero attached hydrogens (tertiary/aromatic N) is 3. The number of amides is 3. The topological polar surface area (TPSA) is 233 Å². The molecule has 6 heterocycles. The van der Waals surface area contributed by atoms with Gasteiger partial charge in [-0.2, -0.15) is 0 Å². The minimum Gasteiger partial charge on any atom is -0.462 e. The van der Waals surface area contributed by atoms with Crippen LogP contribution in [-0.2, 0) is 42.8 Å². The molecule has 9 fully saturated rings. The Labute approximate surface area is 630 Å². The number of alkyl carbamates (subject to hydrolysis) is 3. The maximum atomic E-state index is 13.6. The first kappa shape index (κ1) is 76.5. The van der Waals surface area contributed by atoms with Crippen molar-refractivity contribution < 1.29 is 70.4 Å². The Morgan fingerprint density at radius 2 is 0.694 bits per heavy atom. The van der Waals surface area contributed by atoms with Crippen molar-refractivity contribution in [3.8, 4) is 33.4 Å². The second-order valence-electron chi connectivity index (χ2n) is 30.8. The van der Waals surface area contributed by atoms with E-state index in [9.17, 15) is 41.9 Å². The fourth-order valence-electron chi connectivity index (χ4n) is 19.9. The Morgan fingerprint density at radius 3 is 0.944 bits per heavy atom. The summed E-state index contributed by atoms with van der Waals surface area (Å²) in [4.78, 5) is 87.7. The maximum Gasteiger partial charge on any atom is 0.407 e. The molecule has 0 radical (unpaired) electrons. The van der Waals surface area contributed by atoms with Gasteiger partial charge in [0.1, 0.15) is 35.8 Å². The summed E-state index contributed by atoms with van der Waals surface area (Å²) in [6.07, 6.45) is 27.2. The van der Waals surface area contributed by atoms with Gasteiger partial charge in [-0.05, 0) is 261 Å². The lowest BCUT2D eigenvalue weighted by Crippen LogP contribution is -2.48. The molecule has 108 heavy (non-hydrogen) atoms. The third-order valence-corrected chi connectivity index (χ3v) is 24.5. The molecule has 570 valence electrons. The molecule has 0 spiro atoms. The number of halogens is 3. The first-order chi connectivity index (χ1) is 52.3. The van der Waals surface area contributed by atoms with Crippen LogP contribution in [0.25, 0.3) is 51.6 Å². The average Bonchev–Trinajstić information content (AvgIpc) is 1.54. The van der Waals surface area contributed by atoms with Gasteiger partial charge in [0.25, 0.3) is 0 Å². The predicted molar refractivity (Wildman–Crippen MR) is 402 cm³/mol. The zero-order valence-electron chi connectivity index (χ0n) is 62.2. The Kier molecular flexibility index (Phi) is 24.6. The fourth-order valence-corrected chi connectivity index (χ4v) is 19.9. The summed E-state index contributed by atoms with van der Waals surface area (Å²) >= 11 is 0. The number of fused-ring (bicyclic) bond motifs is 6. The number of esters is 3. The van der Waals surface area contributed by atoms with E-state index >= 15 is 0 Å². The van der Waals surface area contributed by atoms with E-state index in [4.69, 9.17) is 28.4 Å². The van der Waals surface area contributed by atoms with Crippen molar-refractivity contribution in [2.24, 2.45) is 88.8 Å². The summed E-state index contributed by atoms with van der Waals surface area (Å²) < 4.78 is 73.0. The molecule has 18 nitrogen and oxygen atoms in total. The van der Waals surface area contributed by atoms with E-state index in [2.05, 4.69) is 49.1 Å². The lowest BCUT2D eigenvalue weighted by atomic mass is 9.57. The number of carbonyl (C=O) groups is 6. The molecular weight excluding hydrogens is 1380 g/mol. The van der Waals surface area contributed by atoms with Crippen molar-refractivity contribution in [2.75, 3.05) is 19.8 Å². The molecule has 3 aromatic heterocycles. The highest BCUT2D eigenvalue weighted by Gasteiger charge is 2.58. The van der Waals surface area contributed by atoms with Crippen LogP contribution in [0.15, 0.2) is 146 Å². The molecule has 3 saturated heterocycles. The van der Waals surface area contributed by atoms with Crippen molar-refractivity contribution in [2.45, 2.75) is 155 Å². The number of rotatable bonds is 15. The van der Waals surface area contributed by atoms with Gasteiger partial charge in [0.05, 0.1) is 54.7 Å². The van der Waals surface area contributed by atoms with E-state index in [-0.39, 0.29) is 143 Å². The smallest absolute Gasteiger partial charge is 0.407 e. The van der Waals surface area contributed by atoms with E-state index in [0.717, 1.165) is 128 Å². The van der Waals surface area contributed by atoms with Crippen molar-refractivity contribution in [1.29, 1.82) is 0 Å². The largest absolute Gasteiger partial charge is 0.462 e. The van der Waals surface area contributed by atoms with Gasteiger partial charge in [0, 0.05) is 71.2 Å². The Bertz CT molecular complexity index is 3830. The lowest BCUT2D eigenvalue weighted by molar-refractivity contribution is -0.145. The highest BCUT2D eigenvalue weighted by atomic mass is 19.1. The Morgan fingerprint density at radius 1 is 0.407 bits per heavy atom. The number of ether oxygens (including phenoxy) is 6. The highest BCUT2D eigenvalue weighted by Crippen LogP contribution is 2.57. The van der Waals surface area contributed by atoms with Crippen LogP contribution in [-0.4, -0.2) is 107 Å². The van der Waals surface area contributed by atoms with E-state index in [0.29, 0.717) is 55.3 Å². The third kappa shape index (κ3) is 17.9. The van der Waals surface area contributed by atoms with Gasteiger partial charge in [-0.1, -0.05) is 72.8 Å². The van der Waals surface area contributed by atoms with Crippen LogP contribution < -0.4 is 16.0 Å². The molecule has 21 atom stereocenters. The number of cyclic esters (lactones) is 3. The van der Waals surface area contributed by atoms with Crippen LogP contribution in [0.3, 0.4) is 0 Å². The highest BCUT2D eigenvalue weighted by molar-refractivity contribution is 5.78. The van der Waals surface area contributed by atoms with Crippen LogP contribution in [0.5, 0.6) is 0 Å². The van der Waals surface area contributed by atoms with E-state index < -0.39 is 0 Å². The SMILES string of the molecule is CCOC(=O)N[C@H]1CC[C@@H]2[C@H](C1)C[C@H]1C(=O)O[C@@H](C)[C@@H]1[C@H]2/C=C/c1ccc(-c2cccc(F)c2)cn1.CCOC(=O)N[C@H]1CC[C@H]2[C@@H](C1)C[C@H]1C(=O)O[C@H](C)[C@@H]1[C@H]2/C=C/c1ccc(-c2cccc(F)c2)cn1.CCOC(=O)N[C@H]1CC[C@H]2[C@H](C1)C[C@@H]1C(=O)O[C@@H](C)[C@@H]1[C@@H]2/C=C/c1ccc(-c2cccc(F)c2)cn1. The number of benzene rings is 3. The van der Waals surface area contributed by atoms with Gasteiger partial charge in [-0.15, -0.1) is 0 Å². The number of hydrogen-bond acceptors (Lipinski definition) is 15. The Balaban J connectivity index is 0.000000143. The van der Waals surface area contributed by atoms with Crippen molar-refractivity contribution >= 4 is 54.4 Å². The van der Waals surface area contributed by atoms with Gasteiger partial charge < -0.3 is 44.4 Å². The van der Waals surface area contributed by atoms with Crippen LogP contribution in [0.1, 0.15) is 136 Å². The van der Waals surface area contributed by atoms with Gasteiger partial charge >= 0.3 is 36.2 Å². The molecule has 3 N–H and O–H groups in total. The quantitative estimate of drug-likeness (QED) is 0.0641. The summed E-state index contributed by atoms with van der Waals surface area (Å²) in [6, 6.07) is 31.3. The molecule has 3 aromatic carbocycles. The fraction of sp³-hybridized carbons (Fsp3) is 0.483. The standard InChI is InChI=1S/3C29H33FN2O4/c3*1-3-35-29(34)32-23-10-11-24-20(14-23)15-26-27(17(2)36-28(26)33)25(24)12-9-22-8-7-19(16-31-22)18-5-4-6-21(30)13-18/h3*4-9,12-13,16-17,20,23-27H,3,10-11,14-15H2,1-2H3,(H,32,34)/b3*12-9+/t17-,20+,23+,24+,25+,26-,27-;17-,20+,23-,24+,25-,26+,27+;17-,20+,23-,24-,25+,26-,27+/m100/s1. The number of hydrogen-bond donors (Lipinski definition) is 3. The van der Waals surface area contributed by atoms with Crippen LogP contribution in [0, 0.1) is 106 Å². The minimum atomic E-state index is -0.368. The zero-order valence-corrected chi connectivity index (χ0v) is 62.2. The molecule has 15 rings (SSSR count). The van der Waals surface area contributed by atoms with E-state index in [1.165, 1.54) is 36.4 Å². The van der Waals surface area contributed by atoms with Crippen molar-refractivity contribution in [3.63, 3.8) is 0 Å². The minimum absolute atomic E-state index is 0.0679. The summed E-state index contributed by atoms with van der Waals surface area (Å²) in [5.41, 5.74) is 7.43. The molecule has 3 aliphatic heterocycles. The van der Waals surface area contributed by atoms with Gasteiger partial charge in [0.2, 0.25) is 0 Å². The first-order valence-electron chi connectivity index (χ1n) is 38.9. The lowest BCUT2D eigenvalue weighted by Gasteiger charge is -2.47. The molecule has 9 aliphatic rings. The van der Waals surface area contributed by atoms with Crippen LogP contribution >= 0.6 is 0 Å². The Hall–Kier alpha value is -9.66. The zero-order chi connectivity index (χ0) is 75.7. The van der Waals surface area contributed by atoms with Gasteiger partial charge in [-0.3, -0.25) is 29.3 Å². The molecule has 6 aromatic rings. The first-order valence-corrected chi connectivity index (χ1v) is 38.9. The predicted octanol–water partition coefficient (Wildman–Crippen LogP) is 16.9. The van der Waals surface area contributed by atoms with Crippen molar-refractivity contribution in [1.82, 2.24) is 30.9 Å². The molecule has 0 bridgehead atoms. The van der Waals surface area contributed by atoms with Gasteiger partial charge in [0.15, 0.2) is 0 Å². The van der Waals surface area contributed by atoms with Gasteiger partial charge in [-0.25, -0.2) is 27.6 Å². The second kappa shape index (κ2) is 34.7. The molecular formula is C87H99F3N6O12. The number of carbonyl (C=O) groups excluding carboxylic acids is 6. The monoisotopic (exact) mass is 1480 g/mol. The third-order valence-electron chi connectivity index (χ3n) is 24.5. The summed E-state index contributed by atoms with van der Waals surface area (Å²) in [7, 11) is 0. The average molecular weight is 1480 g/mol.